The number of hydrogen-bond donors (Lipinski definition) is 1. The summed E-state index contributed by atoms with van der Waals surface area (Å²) in [5, 5.41) is 4.46. The minimum absolute atomic E-state index is 0.0331. The first kappa shape index (κ1) is 20.7. The fourth-order valence-corrected chi connectivity index (χ4v) is 4.72. The number of rotatable bonds is 6. The summed E-state index contributed by atoms with van der Waals surface area (Å²) in [4.78, 5) is 3.96. The second-order valence-electron chi connectivity index (χ2n) is 6.18. The van der Waals surface area contributed by atoms with Crippen molar-refractivity contribution < 1.29 is 16.8 Å². The third-order valence-electron chi connectivity index (χ3n) is 4.05. The Bertz CT molecular complexity index is 1250. The molecule has 0 atom stereocenters. The maximum atomic E-state index is 12.7. The van der Waals surface area contributed by atoms with E-state index in [9.17, 15) is 16.8 Å². The first-order valence-corrected chi connectivity index (χ1v) is 11.3. The molecule has 3 rings (SSSR count). The van der Waals surface area contributed by atoms with Crippen LogP contribution in [0.1, 0.15) is 11.3 Å². The van der Waals surface area contributed by atoms with Gasteiger partial charge < -0.3 is 0 Å². The fraction of sp³-hybridized carbons (Fsp3) is 0.250. The number of hydrogen-bond acceptors (Lipinski definition) is 6. The van der Waals surface area contributed by atoms with Crippen molar-refractivity contribution in [2.45, 2.75) is 23.3 Å². The standard InChI is InChI=1S/C16H18ClN5O4S2/c1-11-15(17)16-18-9-13(10-22(16)20-11)27(23,24)19-8-12-6-4-5-7-14(12)28(25,26)21(2)3/h4-7,9-10,19H,8H2,1-3H3. The molecule has 2 heterocycles. The Morgan fingerprint density at radius 3 is 2.54 bits per heavy atom. The van der Waals surface area contributed by atoms with Crippen molar-refractivity contribution in [1.82, 2.24) is 23.6 Å². The highest BCUT2D eigenvalue weighted by Gasteiger charge is 2.23. The molecule has 0 aliphatic heterocycles. The van der Waals surface area contributed by atoms with Crippen LogP contribution in [-0.2, 0) is 26.6 Å². The summed E-state index contributed by atoms with van der Waals surface area (Å²) in [6.45, 7) is 1.48. The van der Waals surface area contributed by atoms with Gasteiger partial charge in [0.1, 0.15) is 9.92 Å². The molecule has 0 aliphatic carbocycles. The second-order valence-corrected chi connectivity index (χ2v) is 10.4. The summed E-state index contributed by atoms with van der Waals surface area (Å²) in [7, 11) is -4.85. The maximum absolute atomic E-state index is 12.7. The van der Waals surface area contributed by atoms with Crippen LogP contribution in [0.15, 0.2) is 46.5 Å². The number of halogens is 1. The minimum atomic E-state index is -3.96. The molecule has 9 nitrogen and oxygen atoms in total. The largest absolute Gasteiger partial charge is 0.243 e. The van der Waals surface area contributed by atoms with Gasteiger partial charge in [-0.3, -0.25) is 0 Å². The van der Waals surface area contributed by atoms with Gasteiger partial charge in [0.15, 0.2) is 5.65 Å². The molecule has 12 heteroatoms. The molecule has 0 saturated carbocycles. The van der Waals surface area contributed by atoms with Crippen LogP contribution in [-0.4, -0.2) is 49.8 Å². The number of nitrogens with one attached hydrogen (secondary N) is 1. The van der Waals surface area contributed by atoms with E-state index in [1.54, 1.807) is 25.1 Å². The van der Waals surface area contributed by atoms with Crippen LogP contribution in [0.25, 0.3) is 5.65 Å². The molecule has 0 aliphatic rings. The van der Waals surface area contributed by atoms with Crippen molar-refractivity contribution in [3.63, 3.8) is 0 Å². The van der Waals surface area contributed by atoms with E-state index in [4.69, 9.17) is 11.6 Å². The highest BCUT2D eigenvalue weighted by molar-refractivity contribution is 7.89. The third-order valence-corrected chi connectivity index (χ3v) is 7.76. The average molecular weight is 444 g/mol. The first-order valence-electron chi connectivity index (χ1n) is 8.04. The van der Waals surface area contributed by atoms with Gasteiger partial charge in [0.2, 0.25) is 20.0 Å². The molecule has 0 bridgehead atoms. The van der Waals surface area contributed by atoms with Crippen LogP contribution in [0.2, 0.25) is 5.02 Å². The smallest absolute Gasteiger partial charge is 0.234 e. The zero-order valence-electron chi connectivity index (χ0n) is 15.3. The second kappa shape index (κ2) is 7.41. The zero-order valence-corrected chi connectivity index (χ0v) is 17.7. The van der Waals surface area contributed by atoms with Gasteiger partial charge in [-0.15, -0.1) is 0 Å². The lowest BCUT2D eigenvalue weighted by Gasteiger charge is -2.15. The number of aromatic nitrogens is 3. The lowest BCUT2D eigenvalue weighted by molar-refractivity contribution is 0.519. The van der Waals surface area contributed by atoms with E-state index in [2.05, 4.69) is 14.8 Å². The van der Waals surface area contributed by atoms with Gasteiger partial charge in [0.25, 0.3) is 0 Å². The van der Waals surface area contributed by atoms with Gasteiger partial charge in [0.05, 0.1) is 23.0 Å². The van der Waals surface area contributed by atoms with Gasteiger partial charge in [-0.2, -0.15) is 5.10 Å². The molecule has 1 N–H and O–H groups in total. The van der Waals surface area contributed by atoms with E-state index in [0.29, 0.717) is 21.9 Å². The van der Waals surface area contributed by atoms with E-state index in [-0.39, 0.29) is 16.3 Å². The lowest BCUT2D eigenvalue weighted by Crippen LogP contribution is -2.27. The molecule has 1 aromatic carbocycles. The Labute approximate surface area is 168 Å². The third kappa shape index (κ3) is 3.76. The molecule has 150 valence electrons. The van der Waals surface area contributed by atoms with Crippen molar-refractivity contribution in [2.24, 2.45) is 0 Å². The Morgan fingerprint density at radius 1 is 1.18 bits per heavy atom. The Morgan fingerprint density at radius 2 is 1.86 bits per heavy atom. The van der Waals surface area contributed by atoms with Crippen molar-refractivity contribution in [2.75, 3.05) is 14.1 Å². The number of aryl methyl sites for hydroxylation is 1. The van der Waals surface area contributed by atoms with Gasteiger partial charge >= 0.3 is 0 Å². The topological polar surface area (TPSA) is 114 Å². The maximum Gasteiger partial charge on any atom is 0.243 e. The number of fused-ring (bicyclic) bond motifs is 1. The summed E-state index contributed by atoms with van der Waals surface area (Å²) in [5.74, 6) is 0. The average Bonchev–Trinajstić information content (AvgIpc) is 2.93. The zero-order chi connectivity index (χ0) is 20.7. The van der Waals surface area contributed by atoms with E-state index in [1.807, 2.05) is 0 Å². The first-order chi connectivity index (χ1) is 13.0. The molecular formula is C16H18ClN5O4S2. The summed E-state index contributed by atoms with van der Waals surface area (Å²) >= 11 is 6.06. The molecule has 3 aromatic rings. The molecule has 0 fully saturated rings. The van der Waals surface area contributed by atoms with Crippen molar-refractivity contribution >= 4 is 37.3 Å². The summed E-state index contributed by atoms with van der Waals surface area (Å²) in [6.07, 6.45) is 2.47. The lowest BCUT2D eigenvalue weighted by atomic mass is 10.2. The van der Waals surface area contributed by atoms with E-state index in [0.717, 1.165) is 4.31 Å². The fourth-order valence-electron chi connectivity index (χ4n) is 2.49. The molecular weight excluding hydrogens is 426 g/mol. The Kier molecular flexibility index (Phi) is 5.47. The van der Waals surface area contributed by atoms with Crippen LogP contribution in [0, 0.1) is 6.92 Å². The van der Waals surface area contributed by atoms with E-state index >= 15 is 0 Å². The molecule has 0 unspecified atom stereocenters. The predicted octanol–water partition coefficient (Wildman–Crippen LogP) is 1.42. The predicted molar refractivity (Wildman–Crippen MR) is 104 cm³/mol. The van der Waals surface area contributed by atoms with Gasteiger partial charge in [-0.1, -0.05) is 29.8 Å². The van der Waals surface area contributed by atoms with Gasteiger partial charge in [-0.05, 0) is 18.6 Å². The minimum Gasteiger partial charge on any atom is -0.234 e. The monoisotopic (exact) mass is 443 g/mol. The van der Waals surface area contributed by atoms with Crippen LogP contribution < -0.4 is 4.72 Å². The summed E-state index contributed by atoms with van der Waals surface area (Å²) in [5.41, 5.74) is 1.20. The Hall–Kier alpha value is -2.05. The van der Waals surface area contributed by atoms with Crippen molar-refractivity contribution in [3.05, 3.63) is 52.9 Å². The van der Waals surface area contributed by atoms with Gasteiger partial charge in [0, 0.05) is 20.6 Å². The van der Waals surface area contributed by atoms with Crippen molar-refractivity contribution in [3.8, 4) is 0 Å². The van der Waals surface area contributed by atoms with E-state index < -0.39 is 20.0 Å². The molecule has 0 spiro atoms. The normalized spacial score (nSPS) is 12.8. The highest BCUT2D eigenvalue weighted by atomic mass is 35.5. The molecule has 0 saturated heterocycles. The van der Waals surface area contributed by atoms with Crippen LogP contribution >= 0.6 is 11.6 Å². The van der Waals surface area contributed by atoms with Crippen LogP contribution in [0.3, 0.4) is 0 Å². The quantitative estimate of drug-likeness (QED) is 0.616. The number of benzene rings is 1. The molecule has 28 heavy (non-hydrogen) atoms. The number of sulfonamides is 2. The Balaban J connectivity index is 1.91. The summed E-state index contributed by atoms with van der Waals surface area (Å²) in [6, 6.07) is 6.20. The van der Waals surface area contributed by atoms with Crippen molar-refractivity contribution in [1.29, 1.82) is 0 Å². The molecule has 0 amide bonds. The van der Waals surface area contributed by atoms with Gasteiger partial charge in [-0.25, -0.2) is 35.4 Å². The molecule has 0 radical (unpaired) electrons. The highest BCUT2D eigenvalue weighted by Crippen LogP contribution is 2.21. The van der Waals surface area contributed by atoms with Crippen LogP contribution in [0.5, 0.6) is 0 Å². The van der Waals surface area contributed by atoms with Crippen LogP contribution in [0.4, 0.5) is 0 Å². The van der Waals surface area contributed by atoms with E-state index in [1.165, 1.54) is 37.1 Å². The molecule has 2 aromatic heterocycles. The number of nitrogens with zero attached hydrogens (tertiary/aromatic N) is 4. The summed E-state index contributed by atoms with van der Waals surface area (Å²) < 4.78 is 55.0. The SMILES string of the molecule is Cc1nn2cc(S(=O)(=O)NCc3ccccc3S(=O)(=O)N(C)C)cnc2c1Cl.